The van der Waals surface area contributed by atoms with Crippen LogP contribution in [0.5, 0.6) is 0 Å². The van der Waals surface area contributed by atoms with Crippen molar-refractivity contribution in [3.63, 3.8) is 0 Å². The van der Waals surface area contributed by atoms with Crippen LogP contribution >= 0.6 is 22.9 Å². The number of anilines is 1. The maximum absolute atomic E-state index is 13.8. The third kappa shape index (κ3) is 4.02. The quantitative estimate of drug-likeness (QED) is 0.524. The van der Waals surface area contributed by atoms with E-state index < -0.39 is 38.9 Å². The molecule has 0 aliphatic heterocycles. The number of nitrogens with zero attached hydrogens (tertiary/aromatic N) is 2. The third-order valence-corrected chi connectivity index (χ3v) is 7.56. The number of carbonyl (C=O) groups excluding carboxylic acids is 1. The van der Waals surface area contributed by atoms with Crippen LogP contribution in [0, 0.1) is 17.5 Å². The molecule has 6 nitrogen and oxygen atoms in total. The largest absolute Gasteiger partial charge is 0.298 e. The summed E-state index contributed by atoms with van der Waals surface area (Å²) in [4.78, 5) is 16.3. The smallest absolute Gasteiger partial charge is 0.259 e. The van der Waals surface area contributed by atoms with Gasteiger partial charge in [0, 0.05) is 13.1 Å². The van der Waals surface area contributed by atoms with Crippen LogP contribution in [0.2, 0.25) is 5.02 Å². The Morgan fingerprint density at radius 1 is 1.17 bits per heavy atom. The topological polar surface area (TPSA) is 79.4 Å². The zero-order chi connectivity index (χ0) is 22.2. The molecular formula is C18H15ClF3N3O3S2. The minimum absolute atomic E-state index is 0.00865. The second kappa shape index (κ2) is 8.50. The number of halogens is 4. The highest BCUT2D eigenvalue weighted by Gasteiger charge is 2.24. The Balaban J connectivity index is 1.96. The first-order valence-electron chi connectivity index (χ1n) is 8.65. The number of amides is 1. The first kappa shape index (κ1) is 22.5. The Morgan fingerprint density at radius 2 is 1.83 bits per heavy atom. The molecule has 2 aromatic carbocycles. The van der Waals surface area contributed by atoms with Crippen LogP contribution in [0.25, 0.3) is 10.2 Å². The number of carbonyl (C=O) groups is 1. The number of benzene rings is 2. The van der Waals surface area contributed by atoms with E-state index in [1.807, 2.05) is 0 Å². The summed E-state index contributed by atoms with van der Waals surface area (Å²) in [6.07, 6.45) is 0. The van der Waals surface area contributed by atoms with Crippen molar-refractivity contribution < 1.29 is 26.4 Å². The molecular weight excluding hydrogens is 463 g/mol. The number of aromatic nitrogens is 1. The molecule has 1 heterocycles. The fourth-order valence-electron chi connectivity index (χ4n) is 2.74. The molecule has 1 N–H and O–H groups in total. The molecule has 0 fully saturated rings. The van der Waals surface area contributed by atoms with Crippen LogP contribution in [-0.2, 0) is 10.0 Å². The molecule has 0 saturated heterocycles. The predicted molar refractivity (Wildman–Crippen MR) is 109 cm³/mol. The molecule has 0 bridgehead atoms. The zero-order valence-corrected chi connectivity index (χ0v) is 18.1. The molecule has 0 saturated carbocycles. The van der Waals surface area contributed by atoms with Gasteiger partial charge < -0.3 is 0 Å². The lowest BCUT2D eigenvalue weighted by Gasteiger charge is -2.19. The molecule has 30 heavy (non-hydrogen) atoms. The van der Waals surface area contributed by atoms with E-state index in [0.29, 0.717) is 0 Å². The highest BCUT2D eigenvalue weighted by atomic mass is 35.5. The molecule has 1 aromatic heterocycles. The standard InChI is InChI=1S/C18H15ClF3N3O3S2/c1-3-25(4-2)30(27,28)9-5-6-11(19)10(7-9)17(26)24-18-23-16-13(29-18)8-12(20)14(21)15(16)22/h5-8H,3-4H2,1-2H3,(H,23,24,26). The number of nitrogens with one attached hydrogen (secondary N) is 1. The summed E-state index contributed by atoms with van der Waals surface area (Å²) < 4.78 is 67.2. The first-order chi connectivity index (χ1) is 14.1. The van der Waals surface area contributed by atoms with Gasteiger partial charge in [0.15, 0.2) is 22.6 Å². The Labute approximate surface area is 179 Å². The van der Waals surface area contributed by atoms with Crippen molar-refractivity contribution in [2.24, 2.45) is 0 Å². The Kier molecular flexibility index (Phi) is 6.37. The van der Waals surface area contributed by atoms with Gasteiger partial charge in [0.25, 0.3) is 5.91 Å². The first-order valence-corrected chi connectivity index (χ1v) is 11.3. The predicted octanol–water partition coefficient (Wildman–Crippen LogP) is 4.65. The van der Waals surface area contributed by atoms with Gasteiger partial charge in [-0.05, 0) is 24.3 Å². The van der Waals surface area contributed by atoms with E-state index in [0.717, 1.165) is 23.5 Å². The molecule has 0 aliphatic rings. The molecule has 160 valence electrons. The summed E-state index contributed by atoms with van der Waals surface area (Å²) in [5.74, 6) is -5.31. The molecule has 0 radical (unpaired) electrons. The second-order valence-electron chi connectivity index (χ2n) is 6.04. The van der Waals surface area contributed by atoms with E-state index in [1.165, 1.54) is 16.4 Å². The molecule has 12 heteroatoms. The minimum atomic E-state index is -3.83. The van der Waals surface area contributed by atoms with Gasteiger partial charge in [-0.1, -0.05) is 36.8 Å². The molecule has 3 aromatic rings. The van der Waals surface area contributed by atoms with Gasteiger partial charge >= 0.3 is 0 Å². The second-order valence-corrected chi connectivity index (χ2v) is 9.41. The Bertz CT molecular complexity index is 1240. The number of fused-ring (bicyclic) bond motifs is 1. The summed E-state index contributed by atoms with van der Waals surface area (Å²) in [6, 6.07) is 4.45. The molecule has 1 amide bonds. The minimum Gasteiger partial charge on any atom is -0.298 e. The summed E-state index contributed by atoms with van der Waals surface area (Å²) in [5, 5.41) is 2.20. The average Bonchev–Trinajstić information content (AvgIpc) is 3.09. The molecule has 0 spiro atoms. The van der Waals surface area contributed by atoms with Gasteiger partial charge in [-0.3, -0.25) is 10.1 Å². The fourth-order valence-corrected chi connectivity index (χ4v) is 5.32. The van der Waals surface area contributed by atoms with E-state index in [9.17, 15) is 26.4 Å². The van der Waals surface area contributed by atoms with Crippen LogP contribution in [0.4, 0.5) is 18.3 Å². The lowest BCUT2D eigenvalue weighted by atomic mass is 10.2. The van der Waals surface area contributed by atoms with Crippen LogP contribution in [0.3, 0.4) is 0 Å². The fraction of sp³-hybridized carbons (Fsp3) is 0.222. The highest BCUT2D eigenvalue weighted by molar-refractivity contribution is 7.89. The Morgan fingerprint density at radius 3 is 2.47 bits per heavy atom. The van der Waals surface area contributed by atoms with Gasteiger partial charge in [-0.15, -0.1) is 0 Å². The van der Waals surface area contributed by atoms with Gasteiger partial charge in [-0.2, -0.15) is 4.31 Å². The van der Waals surface area contributed by atoms with Crippen molar-refractivity contribution in [3.05, 3.63) is 52.3 Å². The van der Waals surface area contributed by atoms with E-state index >= 15 is 0 Å². The number of hydrogen-bond acceptors (Lipinski definition) is 5. The van der Waals surface area contributed by atoms with Crippen molar-refractivity contribution in [3.8, 4) is 0 Å². The molecule has 0 unspecified atom stereocenters. The molecule has 0 aliphatic carbocycles. The maximum atomic E-state index is 13.8. The third-order valence-electron chi connectivity index (χ3n) is 4.27. The van der Waals surface area contributed by atoms with Crippen LogP contribution < -0.4 is 5.32 Å². The SMILES string of the molecule is CCN(CC)S(=O)(=O)c1ccc(Cl)c(C(=O)Nc2nc3c(F)c(F)c(F)cc3s2)c1. The molecule has 0 atom stereocenters. The number of hydrogen-bond donors (Lipinski definition) is 1. The van der Waals surface area contributed by atoms with Gasteiger partial charge in [0.2, 0.25) is 10.0 Å². The van der Waals surface area contributed by atoms with E-state index in [4.69, 9.17) is 11.6 Å². The van der Waals surface area contributed by atoms with Crippen molar-refractivity contribution in [2.75, 3.05) is 18.4 Å². The lowest BCUT2D eigenvalue weighted by molar-refractivity contribution is 0.102. The number of sulfonamides is 1. The summed E-state index contributed by atoms with van der Waals surface area (Å²) in [7, 11) is -3.83. The average molecular weight is 478 g/mol. The zero-order valence-electron chi connectivity index (χ0n) is 15.7. The van der Waals surface area contributed by atoms with E-state index in [1.54, 1.807) is 13.8 Å². The lowest BCUT2D eigenvalue weighted by Crippen LogP contribution is -2.30. The highest BCUT2D eigenvalue weighted by Crippen LogP contribution is 2.31. The number of thiazole rings is 1. The summed E-state index contributed by atoms with van der Waals surface area (Å²) in [6.45, 7) is 3.85. The van der Waals surface area contributed by atoms with E-state index in [-0.39, 0.29) is 38.4 Å². The molecule has 3 rings (SSSR count). The maximum Gasteiger partial charge on any atom is 0.259 e. The number of rotatable bonds is 6. The van der Waals surface area contributed by atoms with Crippen molar-refractivity contribution >= 4 is 54.2 Å². The van der Waals surface area contributed by atoms with Gasteiger partial charge in [-0.25, -0.2) is 26.6 Å². The van der Waals surface area contributed by atoms with Crippen molar-refractivity contribution in [2.45, 2.75) is 18.7 Å². The summed E-state index contributed by atoms with van der Waals surface area (Å²) in [5.41, 5.74) is -0.583. The Hall–Kier alpha value is -2.21. The van der Waals surface area contributed by atoms with Crippen LogP contribution in [0.15, 0.2) is 29.2 Å². The normalized spacial score (nSPS) is 12.0. The summed E-state index contributed by atoms with van der Waals surface area (Å²) >= 11 is 6.78. The van der Waals surface area contributed by atoms with Crippen molar-refractivity contribution in [1.82, 2.24) is 9.29 Å². The van der Waals surface area contributed by atoms with Gasteiger partial charge in [0.05, 0.1) is 20.2 Å². The van der Waals surface area contributed by atoms with E-state index in [2.05, 4.69) is 10.3 Å². The van der Waals surface area contributed by atoms with Gasteiger partial charge in [0.1, 0.15) is 5.52 Å². The van der Waals surface area contributed by atoms with Crippen LogP contribution in [-0.4, -0.2) is 36.7 Å². The monoisotopic (exact) mass is 477 g/mol. The van der Waals surface area contributed by atoms with Crippen LogP contribution in [0.1, 0.15) is 24.2 Å². The van der Waals surface area contributed by atoms with Crippen molar-refractivity contribution in [1.29, 1.82) is 0 Å².